The molecule has 0 aromatic heterocycles. The summed E-state index contributed by atoms with van der Waals surface area (Å²) in [6.45, 7) is 6.19. The molecule has 0 aliphatic carbocycles. The molecule has 0 aliphatic rings. The molecule has 0 spiro atoms. The highest BCUT2D eigenvalue weighted by Gasteiger charge is 2.08. The molecule has 0 heterocycles. The molecule has 0 unspecified atom stereocenters. The van der Waals surface area contributed by atoms with E-state index in [9.17, 15) is 4.79 Å². The zero-order valence-electron chi connectivity index (χ0n) is 10.1. The number of hydrogen-bond donors (Lipinski definition) is 2. The maximum Gasteiger partial charge on any atom is 0.238 e. The standard InChI is InChI=1S/C12H16BrClN2O/c1-7(2)15-6-12(17)16-11-5-10(14)8(3)4-9(11)13/h4-5,7,15H,6H2,1-3H3,(H,16,17). The largest absolute Gasteiger partial charge is 0.324 e. The van der Waals surface area contributed by atoms with Crippen LogP contribution in [0.3, 0.4) is 0 Å². The summed E-state index contributed by atoms with van der Waals surface area (Å²) in [7, 11) is 0. The van der Waals surface area contributed by atoms with Gasteiger partial charge in [-0.3, -0.25) is 4.79 Å². The number of aryl methyl sites for hydroxylation is 1. The van der Waals surface area contributed by atoms with Crippen molar-refractivity contribution < 1.29 is 4.79 Å². The number of carbonyl (C=O) groups is 1. The molecular formula is C12H16BrClN2O. The highest BCUT2D eigenvalue weighted by molar-refractivity contribution is 9.10. The smallest absolute Gasteiger partial charge is 0.238 e. The zero-order valence-corrected chi connectivity index (χ0v) is 12.4. The Hall–Kier alpha value is -0.580. The Bertz CT molecular complexity index is 421. The Morgan fingerprint density at radius 3 is 2.71 bits per heavy atom. The van der Waals surface area contributed by atoms with Crippen LogP contribution in [0, 0.1) is 6.92 Å². The van der Waals surface area contributed by atoms with E-state index in [-0.39, 0.29) is 18.5 Å². The molecule has 0 atom stereocenters. The van der Waals surface area contributed by atoms with E-state index in [1.165, 1.54) is 0 Å². The number of benzene rings is 1. The van der Waals surface area contributed by atoms with E-state index in [1.54, 1.807) is 6.07 Å². The Labute approximate surface area is 115 Å². The summed E-state index contributed by atoms with van der Waals surface area (Å²) in [5, 5.41) is 6.49. The van der Waals surface area contributed by atoms with E-state index >= 15 is 0 Å². The molecule has 1 amide bonds. The van der Waals surface area contributed by atoms with Crippen LogP contribution in [-0.2, 0) is 4.79 Å². The average molecular weight is 320 g/mol. The van der Waals surface area contributed by atoms with Crippen LogP contribution in [0.15, 0.2) is 16.6 Å². The van der Waals surface area contributed by atoms with Crippen molar-refractivity contribution >= 4 is 39.1 Å². The summed E-state index contributed by atoms with van der Waals surface area (Å²) in [5.41, 5.74) is 1.66. The molecule has 5 heteroatoms. The Morgan fingerprint density at radius 2 is 2.12 bits per heavy atom. The van der Waals surface area contributed by atoms with Crippen LogP contribution in [0.1, 0.15) is 19.4 Å². The van der Waals surface area contributed by atoms with Gasteiger partial charge in [-0.15, -0.1) is 0 Å². The number of hydrogen-bond acceptors (Lipinski definition) is 2. The molecule has 0 fully saturated rings. The first-order valence-electron chi connectivity index (χ1n) is 5.39. The lowest BCUT2D eigenvalue weighted by atomic mass is 10.2. The molecule has 0 bridgehead atoms. The van der Waals surface area contributed by atoms with Crippen molar-refractivity contribution in [2.45, 2.75) is 26.8 Å². The molecule has 94 valence electrons. The molecule has 3 nitrogen and oxygen atoms in total. The lowest BCUT2D eigenvalue weighted by molar-refractivity contribution is -0.115. The molecule has 17 heavy (non-hydrogen) atoms. The quantitative estimate of drug-likeness (QED) is 0.893. The van der Waals surface area contributed by atoms with E-state index in [4.69, 9.17) is 11.6 Å². The van der Waals surface area contributed by atoms with Crippen LogP contribution in [0.4, 0.5) is 5.69 Å². The Balaban J connectivity index is 2.68. The third kappa shape index (κ3) is 4.66. The van der Waals surface area contributed by atoms with Crippen molar-refractivity contribution in [2.75, 3.05) is 11.9 Å². The van der Waals surface area contributed by atoms with E-state index < -0.39 is 0 Å². The van der Waals surface area contributed by atoms with E-state index in [0.717, 1.165) is 10.0 Å². The molecule has 1 aromatic carbocycles. The van der Waals surface area contributed by atoms with Crippen molar-refractivity contribution in [2.24, 2.45) is 0 Å². The van der Waals surface area contributed by atoms with Crippen molar-refractivity contribution in [3.63, 3.8) is 0 Å². The summed E-state index contributed by atoms with van der Waals surface area (Å²) < 4.78 is 0.831. The first-order valence-corrected chi connectivity index (χ1v) is 6.56. The second kappa shape index (κ2) is 6.38. The summed E-state index contributed by atoms with van der Waals surface area (Å²) in [4.78, 5) is 11.6. The first-order chi connectivity index (χ1) is 7.90. The van der Waals surface area contributed by atoms with Crippen molar-refractivity contribution in [3.05, 3.63) is 27.2 Å². The van der Waals surface area contributed by atoms with Crippen LogP contribution in [0.25, 0.3) is 0 Å². The summed E-state index contributed by atoms with van der Waals surface area (Å²) in [6, 6.07) is 3.91. The fraction of sp³-hybridized carbons (Fsp3) is 0.417. The minimum absolute atomic E-state index is 0.0840. The highest BCUT2D eigenvalue weighted by Crippen LogP contribution is 2.28. The summed E-state index contributed by atoms with van der Waals surface area (Å²) in [6.07, 6.45) is 0. The topological polar surface area (TPSA) is 41.1 Å². The van der Waals surface area contributed by atoms with Gasteiger partial charge < -0.3 is 10.6 Å². The number of carbonyl (C=O) groups excluding carboxylic acids is 1. The van der Waals surface area contributed by atoms with Crippen molar-refractivity contribution in [1.29, 1.82) is 0 Å². The first kappa shape index (κ1) is 14.5. The number of rotatable bonds is 4. The molecule has 0 aliphatic heterocycles. The van der Waals surface area contributed by atoms with Gasteiger partial charge in [-0.05, 0) is 40.5 Å². The molecule has 1 rings (SSSR count). The van der Waals surface area contributed by atoms with E-state index in [1.807, 2.05) is 26.8 Å². The van der Waals surface area contributed by atoms with Crippen LogP contribution < -0.4 is 10.6 Å². The second-order valence-electron chi connectivity index (χ2n) is 4.17. The summed E-state index contributed by atoms with van der Waals surface area (Å²) >= 11 is 9.41. The minimum atomic E-state index is -0.0840. The third-order valence-electron chi connectivity index (χ3n) is 2.19. The predicted molar refractivity (Wildman–Crippen MR) is 75.7 cm³/mol. The lowest BCUT2D eigenvalue weighted by Crippen LogP contribution is -2.32. The van der Waals surface area contributed by atoms with Gasteiger partial charge in [0.2, 0.25) is 5.91 Å². The maximum atomic E-state index is 11.6. The molecule has 0 saturated heterocycles. The minimum Gasteiger partial charge on any atom is -0.324 e. The number of nitrogens with one attached hydrogen (secondary N) is 2. The van der Waals surface area contributed by atoms with Gasteiger partial charge in [0, 0.05) is 15.5 Å². The highest BCUT2D eigenvalue weighted by atomic mass is 79.9. The molecule has 0 radical (unpaired) electrons. The van der Waals surface area contributed by atoms with Crippen LogP contribution >= 0.6 is 27.5 Å². The molecule has 0 saturated carbocycles. The van der Waals surface area contributed by atoms with E-state index in [2.05, 4.69) is 26.6 Å². The predicted octanol–water partition coefficient (Wildman–Crippen LogP) is 3.35. The van der Waals surface area contributed by atoms with Gasteiger partial charge in [0.15, 0.2) is 0 Å². The monoisotopic (exact) mass is 318 g/mol. The summed E-state index contributed by atoms with van der Waals surface area (Å²) in [5.74, 6) is -0.0840. The van der Waals surface area contributed by atoms with Crippen LogP contribution in [0.2, 0.25) is 5.02 Å². The normalized spacial score (nSPS) is 10.7. The van der Waals surface area contributed by atoms with Crippen LogP contribution in [0.5, 0.6) is 0 Å². The fourth-order valence-corrected chi connectivity index (χ4v) is 1.95. The number of amides is 1. The van der Waals surface area contributed by atoms with Crippen LogP contribution in [-0.4, -0.2) is 18.5 Å². The lowest BCUT2D eigenvalue weighted by Gasteiger charge is -2.11. The number of anilines is 1. The second-order valence-corrected chi connectivity index (χ2v) is 5.43. The van der Waals surface area contributed by atoms with Crippen molar-refractivity contribution in [1.82, 2.24) is 5.32 Å². The van der Waals surface area contributed by atoms with Gasteiger partial charge in [0.25, 0.3) is 0 Å². The van der Waals surface area contributed by atoms with Gasteiger partial charge in [0.1, 0.15) is 0 Å². The van der Waals surface area contributed by atoms with Gasteiger partial charge >= 0.3 is 0 Å². The maximum absolute atomic E-state index is 11.6. The fourth-order valence-electron chi connectivity index (χ4n) is 1.23. The van der Waals surface area contributed by atoms with E-state index in [0.29, 0.717) is 10.7 Å². The SMILES string of the molecule is Cc1cc(Br)c(NC(=O)CNC(C)C)cc1Cl. The Morgan fingerprint density at radius 1 is 1.47 bits per heavy atom. The van der Waals surface area contributed by atoms with Gasteiger partial charge in [-0.2, -0.15) is 0 Å². The molecule has 2 N–H and O–H groups in total. The third-order valence-corrected chi connectivity index (χ3v) is 3.26. The Kier molecular flexibility index (Phi) is 5.43. The van der Waals surface area contributed by atoms with Gasteiger partial charge in [0.05, 0.1) is 12.2 Å². The number of halogens is 2. The zero-order chi connectivity index (χ0) is 13.0. The van der Waals surface area contributed by atoms with Gasteiger partial charge in [-0.1, -0.05) is 25.4 Å². The molecule has 1 aromatic rings. The molecular weight excluding hydrogens is 304 g/mol. The average Bonchev–Trinajstić information content (AvgIpc) is 2.23. The van der Waals surface area contributed by atoms with Crippen molar-refractivity contribution in [3.8, 4) is 0 Å². The van der Waals surface area contributed by atoms with Gasteiger partial charge in [-0.25, -0.2) is 0 Å².